The number of nitrogens with zero attached hydrogens (tertiary/aromatic N) is 5. The van der Waals surface area contributed by atoms with Crippen molar-refractivity contribution < 1.29 is 4.74 Å². The first-order chi connectivity index (χ1) is 13.2. The van der Waals surface area contributed by atoms with Crippen molar-refractivity contribution in [3.63, 3.8) is 0 Å². The second-order valence-corrected chi connectivity index (χ2v) is 7.07. The number of methoxy groups -OCH3 is 1. The van der Waals surface area contributed by atoms with Crippen LogP contribution in [0.2, 0.25) is 0 Å². The van der Waals surface area contributed by atoms with Crippen molar-refractivity contribution in [3.05, 3.63) is 47.5 Å². The lowest BCUT2D eigenvalue weighted by Gasteiger charge is -2.22. The summed E-state index contributed by atoms with van der Waals surface area (Å²) in [4.78, 5) is 7.17. The summed E-state index contributed by atoms with van der Waals surface area (Å²) in [6.45, 7) is 5.91. The monoisotopic (exact) mass is 370 g/mol. The van der Waals surface area contributed by atoms with Crippen molar-refractivity contribution in [2.75, 3.05) is 33.4 Å². The number of benzene rings is 1. The Morgan fingerprint density at radius 3 is 2.81 bits per heavy atom. The van der Waals surface area contributed by atoms with Gasteiger partial charge in [0.25, 0.3) is 0 Å². The van der Waals surface area contributed by atoms with Gasteiger partial charge >= 0.3 is 0 Å². The van der Waals surface area contributed by atoms with Crippen LogP contribution in [0.1, 0.15) is 23.6 Å². The van der Waals surface area contributed by atoms with Crippen LogP contribution in [0, 0.1) is 12.8 Å². The molecule has 1 atom stereocenters. The second kappa shape index (κ2) is 9.50. The zero-order valence-corrected chi connectivity index (χ0v) is 16.6. The maximum Gasteiger partial charge on any atom is 0.194 e. The Bertz CT molecular complexity index is 742. The van der Waals surface area contributed by atoms with Gasteiger partial charge in [-0.05, 0) is 31.2 Å². The predicted molar refractivity (Wildman–Crippen MR) is 107 cm³/mol. The maximum atomic E-state index is 5.18. The third-order valence-corrected chi connectivity index (χ3v) is 5.09. The van der Waals surface area contributed by atoms with E-state index in [0.717, 1.165) is 43.7 Å². The smallest absolute Gasteiger partial charge is 0.194 e. The summed E-state index contributed by atoms with van der Waals surface area (Å²) in [7, 11) is 3.69. The molecule has 1 aliphatic heterocycles. The summed E-state index contributed by atoms with van der Waals surface area (Å²) in [5, 5.41) is 11.8. The molecule has 7 nitrogen and oxygen atoms in total. The van der Waals surface area contributed by atoms with Gasteiger partial charge in [-0.2, -0.15) is 0 Å². The molecule has 7 heteroatoms. The van der Waals surface area contributed by atoms with Gasteiger partial charge in [-0.3, -0.25) is 0 Å². The Labute approximate surface area is 161 Å². The molecule has 0 aliphatic carbocycles. The van der Waals surface area contributed by atoms with Crippen molar-refractivity contribution in [3.8, 4) is 0 Å². The van der Waals surface area contributed by atoms with E-state index < -0.39 is 0 Å². The number of likely N-dealkylation sites (tertiary alicyclic amines) is 1. The van der Waals surface area contributed by atoms with Crippen molar-refractivity contribution >= 4 is 5.96 Å². The second-order valence-electron chi connectivity index (χ2n) is 7.07. The molecule has 0 radical (unpaired) electrons. The number of aliphatic imine (C=N–C) groups is 1. The normalized spacial score (nSPS) is 17.5. The molecule has 2 aromatic rings. The van der Waals surface area contributed by atoms with E-state index in [-0.39, 0.29) is 0 Å². The van der Waals surface area contributed by atoms with Gasteiger partial charge in [0.05, 0.1) is 6.61 Å². The van der Waals surface area contributed by atoms with E-state index in [1.54, 1.807) is 7.11 Å². The Kier molecular flexibility index (Phi) is 6.81. The number of ether oxygens (including phenoxy) is 1. The molecule has 3 rings (SSSR count). The molecule has 0 amide bonds. The average molecular weight is 371 g/mol. The van der Waals surface area contributed by atoms with Gasteiger partial charge < -0.3 is 19.5 Å². The SMILES string of the molecule is COCCNC(=NCc1nnc(C)n1C)N1CCC(Cc2ccccc2)C1. The molecule has 0 saturated carbocycles. The van der Waals surface area contributed by atoms with Crippen molar-refractivity contribution in [2.45, 2.75) is 26.3 Å². The van der Waals surface area contributed by atoms with Gasteiger partial charge in [0.15, 0.2) is 11.8 Å². The van der Waals surface area contributed by atoms with Gasteiger partial charge in [0.1, 0.15) is 12.4 Å². The Hall–Kier alpha value is -2.41. The highest BCUT2D eigenvalue weighted by molar-refractivity contribution is 5.80. The molecule has 1 saturated heterocycles. The average Bonchev–Trinajstić information content (AvgIpc) is 3.27. The van der Waals surface area contributed by atoms with E-state index in [0.29, 0.717) is 19.1 Å². The highest BCUT2D eigenvalue weighted by Crippen LogP contribution is 2.21. The molecule has 146 valence electrons. The number of hydrogen-bond donors (Lipinski definition) is 1. The summed E-state index contributed by atoms with van der Waals surface area (Å²) in [6, 6.07) is 10.7. The van der Waals surface area contributed by atoms with Gasteiger partial charge in [-0.25, -0.2) is 4.99 Å². The topological polar surface area (TPSA) is 67.6 Å². The quantitative estimate of drug-likeness (QED) is 0.457. The zero-order valence-electron chi connectivity index (χ0n) is 16.6. The minimum atomic E-state index is 0.520. The molecule has 1 unspecified atom stereocenters. The van der Waals surface area contributed by atoms with Crippen LogP contribution in [0.3, 0.4) is 0 Å². The van der Waals surface area contributed by atoms with Crippen molar-refractivity contribution in [1.29, 1.82) is 0 Å². The number of hydrogen-bond acceptors (Lipinski definition) is 4. The molecule has 1 fully saturated rings. The number of guanidine groups is 1. The first-order valence-electron chi connectivity index (χ1n) is 9.58. The van der Waals surface area contributed by atoms with Gasteiger partial charge in [0.2, 0.25) is 0 Å². The first kappa shape index (κ1) is 19.4. The van der Waals surface area contributed by atoms with E-state index in [4.69, 9.17) is 9.73 Å². The Morgan fingerprint density at radius 1 is 1.30 bits per heavy atom. The Balaban J connectivity index is 1.63. The third-order valence-electron chi connectivity index (χ3n) is 5.09. The standard InChI is InChI=1S/C20H30N6O/c1-16-23-24-19(25(16)2)14-22-20(21-10-12-27-3)26-11-9-18(15-26)13-17-7-5-4-6-8-17/h4-8,18H,9-15H2,1-3H3,(H,21,22). The fourth-order valence-corrected chi connectivity index (χ4v) is 3.41. The largest absolute Gasteiger partial charge is 0.383 e. The first-order valence-corrected chi connectivity index (χ1v) is 9.58. The molecule has 27 heavy (non-hydrogen) atoms. The summed E-state index contributed by atoms with van der Waals surface area (Å²) < 4.78 is 7.16. The van der Waals surface area contributed by atoms with Crippen LogP contribution in [-0.4, -0.2) is 59.0 Å². The molecular weight excluding hydrogens is 340 g/mol. The maximum absolute atomic E-state index is 5.18. The lowest BCUT2D eigenvalue weighted by Crippen LogP contribution is -2.41. The Morgan fingerprint density at radius 2 is 2.11 bits per heavy atom. The van der Waals surface area contributed by atoms with Gasteiger partial charge in [0, 0.05) is 33.8 Å². The molecule has 0 bridgehead atoms. The van der Waals surface area contributed by atoms with Gasteiger partial charge in [-0.1, -0.05) is 30.3 Å². The number of aromatic nitrogens is 3. The lowest BCUT2D eigenvalue weighted by molar-refractivity contribution is 0.203. The number of rotatable bonds is 7. The van der Waals surface area contributed by atoms with E-state index in [9.17, 15) is 0 Å². The van der Waals surface area contributed by atoms with Gasteiger partial charge in [-0.15, -0.1) is 10.2 Å². The van der Waals surface area contributed by atoms with E-state index in [2.05, 4.69) is 50.7 Å². The highest BCUT2D eigenvalue weighted by atomic mass is 16.5. The molecule has 1 aromatic heterocycles. The zero-order chi connectivity index (χ0) is 19.1. The molecule has 1 aromatic carbocycles. The van der Waals surface area contributed by atoms with Crippen LogP contribution in [-0.2, 0) is 24.8 Å². The third kappa shape index (κ3) is 5.29. The lowest BCUT2D eigenvalue weighted by atomic mass is 9.99. The van der Waals surface area contributed by atoms with Crippen LogP contribution >= 0.6 is 0 Å². The number of aryl methyl sites for hydroxylation is 1. The fourth-order valence-electron chi connectivity index (χ4n) is 3.41. The van der Waals surface area contributed by atoms with E-state index in [1.807, 2.05) is 18.5 Å². The summed E-state index contributed by atoms with van der Waals surface area (Å²) in [5.41, 5.74) is 1.41. The predicted octanol–water partition coefficient (Wildman–Crippen LogP) is 1.78. The molecular formula is C20H30N6O. The highest BCUT2D eigenvalue weighted by Gasteiger charge is 2.25. The van der Waals surface area contributed by atoms with E-state index >= 15 is 0 Å². The summed E-state index contributed by atoms with van der Waals surface area (Å²) in [5.74, 6) is 3.36. The molecule has 1 aliphatic rings. The van der Waals surface area contributed by atoms with Crippen LogP contribution < -0.4 is 5.32 Å². The summed E-state index contributed by atoms with van der Waals surface area (Å²) >= 11 is 0. The van der Waals surface area contributed by atoms with Crippen LogP contribution in [0.25, 0.3) is 0 Å². The van der Waals surface area contributed by atoms with Crippen LogP contribution in [0.15, 0.2) is 35.3 Å². The molecule has 0 spiro atoms. The minimum absolute atomic E-state index is 0.520. The van der Waals surface area contributed by atoms with E-state index in [1.165, 1.54) is 12.0 Å². The summed E-state index contributed by atoms with van der Waals surface area (Å²) in [6.07, 6.45) is 2.30. The van der Waals surface area contributed by atoms with Crippen LogP contribution in [0.5, 0.6) is 0 Å². The minimum Gasteiger partial charge on any atom is -0.383 e. The van der Waals surface area contributed by atoms with Crippen LogP contribution in [0.4, 0.5) is 0 Å². The van der Waals surface area contributed by atoms with Crippen molar-refractivity contribution in [2.24, 2.45) is 18.0 Å². The molecule has 1 N–H and O–H groups in total. The van der Waals surface area contributed by atoms with Crippen molar-refractivity contribution in [1.82, 2.24) is 25.0 Å². The number of nitrogens with one attached hydrogen (secondary N) is 1. The molecule has 2 heterocycles. The fraction of sp³-hybridized carbons (Fsp3) is 0.550.